The van der Waals surface area contributed by atoms with Crippen LogP contribution in [0.1, 0.15) is 24.1 Å². The molecule has 1 aromatic rings. The minimum atomic E-state index is 0. The van der Waals surface area contributed by atoms with Gasteiger partial charge in [-0.3, -0.25) is 9.78 Å². The Morgan fingerprint density at radius 3 is 2.71 bits per heavy atom. The fraction of sp³-hybridized carbons (Fsp3) is 0.556. The minimum absolute atomic E-state index is 0. The molecule has 0 bridgehead atoms. The van der Waals surface area contributed by atoms with Crippen LogP contribution in [0.25, 0.3) is 0 Å². The summed E-state index contributed by atoms with van der Waals surface area (Å²) in [6.07, 6.45) is 4.00. The largest absolute Gasteiger partial charge is 1.00 e. The van der Waals surface area contributed by atoms with Crippen molar-refractivity contribution in [2.45, 2.75) is 30.8 Å². The summed E-state index contributed by atoms with van der Waals surface area (Å²) in [4.78, 5) is 15.9. The van der Waals surface area contributed by atoms with Crippen molar-refractivity contribution in [2.24, 2.45) is 7.05 Å². The molecule has 0 radical (unpaired) electrons. The molecule has 0 unspecified atom stereocenters. The molecule has 0 aliphatic heterocycles. The quantitative estimate of drug-likeness (QED) is 0.284. The summed E-state index contributed by atoms with van der Waals surface area (Å²) in [6.45, 7) is 0. The molecule has 0 atom stereocenters. The van der Waals surface area contributed by atoms with Gasteiger partial charge in [0.2, 0.25) is 0 Å². The van der Waals surface area contributed by atoms with E-state index in [4.69, 9.17) is 12.6 Å². The topological polar surface area (TPSA) is 34.9 Å². The normalized spacial score (nSPS) is 14.4. The summed E-state index contributed by atoms with van der Waals surface area (Å²) < 4.78 is 1.46. The van der Waals surface area contributed by atoms with Gasteiger partial charge in [-0.25, -0.2) is 0 Å². The van der Waals surface area contributed by atoms with E-state index in [-0.39, 0.29) is 56.9 Å². The van der Waals surface area contributed by atoms with Crippen LogP contribution in [0.3, 0.4) is 0 Å². The van der Waals surface area contributed by atoms with Crippen LogP contribution in [-0.4, -0.2) is 9.55 Å². The third-order valence-corrected chi connectivity index (χ3v) is 2.88. The van der Waals surface area contributed by atoms with Crippen LogP contribution < -0.4 is 56.9 Å². The molecule has 5 heteroatoms. The van der Waals surface area contributed by atoms with E-state index in [1.54, 1.807) is 7.05 Å². The van der Waals surface area contributed by atoms with Crippen molar-refractivity contribution in [1.29, 1.82) is 0 Å². The SMILES string of the molecule is Cn1c([S-])nc2c(c1=O)CCCC2.[K+]. The second-order valence-corrected chi connectivity index (χ2v) is 3.76. The third-order valence-electron chi connectivity index (χ3n) is 2.52. The van der Waals surface area contributed by atoms with Crippen LogP contribution in [0.2, 0.25) is 0 Å². The fourth-order valence-corrected chi connectivity index (χ4v) is 1.92. The summed E-state index contributed by atoms with van der Waals surface area (Å²) in [5.74, 6) is 0. The maximum atomic E-state index is 11.7. The van der Waals surface area contributed by atoms with E-state index in [0.29, 0.717) is 5.16 Å². The van der Waals surface area contributed by atoms with Crippen LogP contribution in [0.4, 0.5) is 0 Å². The maximum absolute atomic E-state index is 11.7. The average Bonchev–Trinajstić information content (AvgIpc) is 2.15. The van der Waals surface area contributed by atoms with E-state index in [1.165, 1.54) is 4.57 Å². The number of aromatic nitrogens is 2. The summed E-state index contributed by atoms with van der Waals surface area (Å²) >= 11 is 4.98. The van der Waals surface area contributed by atoms with Crippen LogP contribution in [-0.2, 0) is 32.5 Å². The van der Waals surface area contributed by atoms with Gasteiger partial charge in [-0.15, -0.1) is 0 Å². The second-order valence-electron chi connectivity index (χ2n) is 3.39. The summed E-state index contributed by atoms with van der Waals surface area (Å²) in [5.41, 5.74) is 1.86. The molecular weight excluding hydrogens is 223 g/mol. The molecule has 1 aliphatic rings. The van der Waals surface area contributed by atoms with Gasteiger partial charge < -0.3 is 17.2 Å². The van der Waals surface area contributed by atoms with E-state index < -0.39 is 0 Å². The van der Waals surface area contributed by atoms with Gasteiger partial charge in [-0.2, -0.15) is 0 Å². The summed E-state index contributed by atoms with van der Waals surface area (Å²) in [7, 11) is 1.69. The Balaban J connectivity index is 0.000000980. The predicted molar refractivity (Wildman–Crippen MR) is 51.8 cm³/mol. The van der Waals surface area contributed by atoms with Crippen molar-refractivity contribution in [3.63, 3.8) is 0 Å². The van der Waals surface area contributed by atoms with Gasteiger partial charge in [0.05, 0.1) is 0 Å². The Morgan fingerprint density at radius 2 is 2.00 bits per heavy atom. The van der Waals surface area contributed by atoms with Crippen LogP contribution >= 0.6 is 0 Å². The fourth-order valence-electron chi connectivity index (χ4n) is 1.72. The van der Waals surface area contributed by atoms with E-state index in [1.807, 2.05) is 0 Å². The van der Waals surface area contributed by atoms with Crippen LogP contribution in [0, 0.1) is 0 Å². The van der Waals surface area contributed by atoms with Crippen molar-refractivity contribution >= 4 is 12.6 Å². The van der Waals surface area contributed by atoms with Crippen molar-refractivity contribution in [1.82, 2.24) is 9.55 Å². The Kier molecular flexibility index (Phi) is 4.74. The molecule has 0 fully saturated rings. The van der Waals surface area contributed by atoms with E-state index >= 15 is 0 Å². The number of hydrogen-bond acceptors (Lipinski definition) is 3. The summed E-state index contributed by atoms with van der Waals surface area (Å²) in [5, 5.41) is 0.408. The van der Waals surface area contributed by atoms with Crippen molar-refractivity contribution in [2.75, 3.05) is 0 Å². The Morgan fingerprint density at radius 1 is 1.36 bits per heavy atom. The molecular formula is C9H11KN2OS. The molecule has 1 heterocycles. The molecule has 0 N–H and O–H groups in total. The number of fused-ring (bicyclic) bond motifs is 1. The maximum Gasteiger partial charge on any atom is 1.00 e. The molecule has 0 saturated heterocycles. The number of rotatable bonds is 0. The van der Waals surface area contributed by atoms with Crippen molar-refractivity contribution in [3.8, 4) is 0 Å². The zero-order chi connectivity index (χ0) is 9.42. The van der Waals surface area contributed by atoms with Gasteiger partial charge in [0, 0.05) is 18.3 Å². The predicted octanol–water partition coefficient (Wildman–Crippen LogP) is -2.43. The first kappa shape index (κ1) is 12.8. The Hall–Kier alpha value is 0.736. The van der Waals surface area contributed by atoms with Gasteiger partial charge in [0.25, 0.3) is 5.56 Å². The van der Waals surface area contributed by atoms with Crippen molar-refractivity contribution < 1.29 is 51.4 Å². The smallest absolute Gasteiger partial charge is 0.742 e. The zero-order valence-electron chi connectivity index (χ0n) is 8.54. The number of hydrogen-bond donors (Lipinski definition) is 0. The van der Waals surface area contributed by atoms with Crippen molar-refractivity contribution in [3.05, 3.63) is 21.6 Å². The second kappa shape index (κ2) is 5.18. The van der Waals surface area contributed by atoms with Gasteiger partial charge in [-0.05, 0) is 30.8 Å². The first-order valence-electron chi connectivity index (χ1n) is 4.46. The molecule has 1 aliphatic carbocycles. The monoisotopic (exact) mass is 234 g/mol. The average molecular weight is 234 g/mol. The van der Waals surface area contributed by atoms with E-state index in [0.717, 1.165) is 36.9 Å². The summed E-state index contributed by atoms with van der Waals surface area (Å²) in [6, 6.07) is 0. The minimum Gasteiger partial charge on any atom is -0.742 e. The molecule has 1 aromatic heterocycles. The molecule has 0 amide bonds. The van der Waals surface area contributed by atoms with Crippen LogP contribution in [0.5, 0.6) is 0 Å². The standard InChI is InChI=1S/C9H12N2OS.K/c1-11-8(12)6-4-2-3-5-7(6)10-9(11)13;/h2-5H2,1H3,(H,10,13);/q;+1/p-1. The first-order valence-corrected chi connectivity index (χ1v) is 4.87. The third kappa shape index (κ3) is 2.28. The Bertz CT molecular complexity index is 403. The Labute approximate surface area is 131 Å². The molecule has 0 spiro atoms. The van der Waals surface area contributed by atoms with Gasteiger partial charge in [-0.1, -0.05) is 0 Å². The van der Waals surface area contributed by atoms with Gasteiger partial charge >= 0.3 is 51.4 Å². The molecule has 0 aromatic carbocycles. The molecule has 3 nitrogen and oxygen atoms in total. The van der Waals surface area contributed by atoms with E-state index in [9.17, 15) is 4.79 Å². The molecule has 70 valence electrons. The van der Waals surface area contributed by atoms with Gasteiger partial charge in [0.1, 0.15) is 0 Å². The first-order chi connectivity index (χ1) is 6.20. The zero-order valence-corrected chi connectivity index (χ0v) is 12.5. The molecule has 2 rings (SSSR count). The molecule has 0 saturated carbocycles. The molecule has 14 heavy (non-hydrogen) atoms. The number of aryl methyl sites for hydroxylation is 1. The van der Waals surface area contributed by atoms with E-state index in [2.05, 4.69) is 4.98 Å². The number of nitrogens with zero attached hydrogens (tertiary/aromatic N) is 2. The van der Waals surface area contributed by atoms with Gasteiger partial charge in [0.15, 0.2) is 0 Å². The van der Waals surface area contributed by atoms with Crippen LogP contribution in [0.15, 0.2) is 9.95 Å².